The van der Waals surface area contributed by atoms with Crippen LogP contribution in [0.2, 0.25) is 0 Å². The minimum absolute atomic E-state index is 0.00357. The lowest BCUT2D eigenvalue weighted by Gasteiger charge is -2.64. The molecule has 50 heavy (non-hydrogen) atoms. The van der Waals surface area contributed by atoms with Gasteiger partial charge in [0.05, 0.1) is 49.2 Å². The van der Waals surface area contributed by atoms with E-state index in [2.05, 4.69) is 39.5 Å². The number of morpholine rings is 1. The second-order valence-corrected chi connectivity index (χ2v) is 19.9. The van der Waals surface area contributed by atoms with Gasteiger partial charge in [-0.25, -0.2) is 0 Å². The molecule has 2 spiro atoms. The third kappa shape index (κ3) is 5.12. The summed E-state index contributed by atoms with van der Waals surface area (Å²) in [4.78, 5) is 16.6. The SMILES string of the molecule is CCO[C@@H]([C@H]1C[C@@H](C)C2[C@H](O1)[C@H](O)[C@@]1(C)[C@@H]3CC[C@H]4C(C)(C)[C@@H](O[C@H]5CN([C@@H](C)C(=O)N(C)C)CCO5)CC[C@@]45CC35CC[C@]21C)C(C)(C)O. The Kier molecular flexibility index (Phi) is 9.27. The third-order valence-corrected chi connectivity index (χ3v) is 16.9. The number of likely N-dealkylation sites (N-methyl/N-ethyl adjacent to an activating group) is 1. The van der Waals surface area contributed by atoms with Gasteiger partial charge in [-0.15, -0.1) is 0 Å². The molecule has 7 fully saturated rings. The zero-order chi connectivity index (χ0) is 36.4. The molecule has 0 radical (unpaired) electrons. The van der Waals surface area contributed by atoms with Gasteiger partial charge >= 0.3 is 0 Å². The zero-order valence-corrected chi connectivity index (χ0v) is 33.2. The highest BCUT2D eigenvalue weighted by Gasteiger charge is 2.84. The van der Waals surface area contributed by atoms with Crippen LogP contribution in [-0.4, -0.2) is 115 Å². The Morgan fingerprint density at radius 2 is 1.74 bits per heavy atom. The molecule has 15 atom stereocenters. The molecule has 9 heteroatoms. The van der Waals surface area contributed by atoms with E-state index in [0.717, 1.165) is 32.2 Å². The Morgan fingerprint density at radius 3 is 2.40 bits per heavy atom. The summed E-state index contributed by atoms with van der Waals surface area (Å²) in [6.45, 7) is 22.3. The highest BCUT2D eigenvalue weighted by Crippen LogP contribution is 2.89. The fraction of sp³-hybridized carbons (Fsp3) is 0.976. The second-order valence-electron chi connectivity index (χ2n) is 19.9. The first kappa shape index (κ1) is 37.5. The van der Waals surface area contributed by atoms with Gasteiger partial charge in [-0.2, -0.15) is 0 Å². The van der Waals surface area contributed by atoms with E-state index in [0.29, 0.717) is 48.8 Å². The van der Waals surface area contributed by atoms with Gasteiger partial charge in [0.25, 0.3) is 0 Å². The lowest BCUT2D eigenvalue weighted by atomic mass is 9.41. The molecule has 0 bridgehead atoms. The number of hydrogen-bond donors (Lipinski definition) is 2. The fourth-order valence-corrected chi connectivity index (χ4v) is 14.5. The molecular formula is C41H70N2O7. The summed E-state index contributed by atoms with van der Waals surface area (Å²) in [7, 11) is 3.64. The Hall–Kier alpha value is -0.810. The molecule has 2 unspecified atom stereocenters. The average Bonchev–Trinajstić information content (AvgIpc) is 3.68. The first-order chi connectivity index (χ1) is 23.3. The number of rotatable bonds is 8. The lowest BCUT2D eigenvalue weighted by Crippen LogP contribution is -2.60. The molecule has 1 amide bonds. The molecule has 2 heterocycles. The summed E-state index contributed by atoms with van der Waals surface area (Å²) >= 11 is 0. The summed E-state index contributed by atoms with van der Waals surface area (Å²) in [5.74, 6) is 1.83. The number of fused-ring (bicyclic) bond motifs is 4. The molecule has 286 valence electrons. The second kappa shape index (κ2) is 12.4. The van der Waals surface area contributed by atoms with Gasteiger partial charge in [0.2, 0.25) is 5.91 Å². The van der Waals surface area contributed by atoms with E-state index >= 15 is 0 Å². The maximum Gasteiger partial charge on any atom is 0.239 e. The normalized spacial score (nSPS) is 49.4. The van der Waals surface area contributed by atoms with Crippen LogP contribution < -0.4 is 0 Å². The van der Waals surface area contributed by atoms with Crippen molar-refractivity contribution >= 4 is 5.91 Å². The van der Waals surface area contributed by atoms with E-state index in [1.807, 2.05) is 41.8 Å². The van der Waals surface area contributed by atoms with Gasteiger partial charge in [-0.1, -0.05) is 34.6 Å². The van der Waals surface area contributed by atoms with E-state index in [1.54, 1.807) is 4.90 Å². The van der Waals surface area contributed by atoms with Crippen molar-refractivity contribution in [2.45, 2.75) is 162 Å². The number of aliphatic hydroxyl groups excluding tert-OH is 1. The molecule has 7 rings (SSSR count). The minimum Gasteiger partial charge on any atom is -0.390 e. The lowest BCUT2D eigenvalue weighted by molar-refractivity contribution is -0.250. The number of aliphatic hydroxyl groups is 2. The number of carbonyl (C=O) groups is 1. The number of hydrogen-bond acceptors (Lipinski definition) is 8. The maximum atomic E-state index is 12.7. The largest absolute Gasteiger partial charge is 0.390 e. The topological polar surface area (TPSA) is 101 Å². The van der Waals surface area contributed by atoms with Crippen molar-refractivity contribution in [1.82, 2.24) is 9.80 Å². The fourth-order valence-electron chi connectivity index (χ4n) is 14.5. The van der Waals surface area contributed by atoms with Crippen molar-refractivity contribution in [3.05, 3.63) is 0 Å². The van der Waals surface area contributed by atoms with E-state index in [-0.39, 0.29) is 58.2 Å². The summed E-state index contributed by atoms with van der Waals surface area (Å²) in [6, 6.07) is -0.191. The molecule has 9 nitrogen and oxygen atoms in total. The van der Waals surface area contributed by atoms with E-state index in [1.165, 1.54) is 25.7 Å². The highest BCUT2D eigenvalue weighted by molar-refractivity contribution is 5.80. The van der Waals surface area contributed by atoms with Crippen LogP contribution in [0.4, 0.5) is 0 Å². The van der Waals surface area contributed by atoms with E-state index in [9.17, 15) is 15.0 Å². The Morgan fingerprint density at radius 1 is 1.06 bits per heavy atom. The predicted octanol–water partition coefficient (Wildman–Crippen LogP) is 5.50. The molecule has 5 aliphatic carbocycles. The van der Waals surface area contributed by atoms with Crippen molar-refractivity contribution in [2.75, 3.05) is 40.4 Å². The van der Waals surface area contributed by atoms with Gasteiger partial charge in [-0.05, 0) is 124 Å². The standard InChI is InChI=1S/C41H70N2O7/c1-12-47-34(37(6,7)46)26-21-24(2)31-32(49-26)33(44)39(9)28-14-13-27-36(4,5)29(15-16-40(27)23-41(28,40)18-17-38(31,39)8)50-30-22-43(19-20-48-30)25(3)35(45)42(10)11/h24-34,44,46H,12-23H2,1-11H3/t24-,25+,26-,27+,28+,29+,30+,31?,32+,33+,34+,38-,39-,40-,41?/m1/s1. The smallest absolute Gasteiger partial charge is 0.239 e. The number of amides is 1. The average molecular weight is 703 g/mol. The highest BCUT2D eigenvalue weighted by atomic mass is 16.7. The molecule has 2 saturated heterocycles. The molecular weight excluding hydrogens is 632 g/mol. The Labute approximate surface area is 302 Å². The molecule has 0 aromatic carbocycles. The van der Waals surface area contributed by atoms with E-state index in [4.69, 9.17) is 18.9 Å². The van der Waals surface area contributed by atoms with Crippen LogP contribution in [-0.2, 0) is 23.7 Å². The summed E-state index contributed by atoms with van der Waals surface area (Å²) in [6.07, 6.45) is 7.39. The monoisotopic (exact) mass is 703 g/mol. The maximum absolute atomic E-state index is 12.7. The molecule has 7 aliphatic rings. The molecule has 0 aromatic rings. The summed E-state index contributed by atoms with van der Waals surface area (Å²) in [5.41, 5.74) is -0.685. The third-order valence-electron chi connectivity index (χ3n) is 16.9. The van der Waals surface area contributed by atoms with Crippen molar-refractivity contribution in [2.24, 2.45) is 50.7 Å². The Bertz CT molecular complexity index is 1300. The minimum atomic E-state index is -1.03. The van der Waals surface area contributed by atoms with Crippen molar-refractivity contribution in [3.63, 3.8) is 0 Å². The zero-order valence-electron chi connectivity index (χ0n) is 33.2. The Balaban J connectivity index is 1.10. The van der Waals surface area contributed by atoms with Crippen molar-refractivity contribution in [1.29, 1.82) is 0 Å². The number of carbonyl (C=O) groups excluding carboxylic acids is 1. The van der Waals surface area contributed by atoms with Gasteiger partial charge in [0.15, 0.2) is 6.29 Å². The summed E-state index contributed by atoms with van der Waals surface area (Å²) in [5, 5.41) is 23.7. The number of nitrogens with zero attached hydrogens (tertiary/aromatic N) is 2. The van der Waals surface area contributed by atoms with Gasteiger partial charge in [-0.3, -0.25) is 9.69 Å². The summed E-state index contributed by atoms with van der Waals surface area (Å²) < 4.78 is 26.2. The van der Waals surface area contributed by atoms with Crippen LogP contribution in [0.25, 0.3) is 0 Å². The molecule has 5 saturated carbocycles. The van der Waals surface area contributed by atoms with Crippen LogP contribution in [0.15, 0.2) is 0 Å². The molecule has 0 aromatic heterocycles. The van der Waals surface area contributed by atoms with Crippen molar-refractivity contribution in [3.8, 4) is 0 Å². The quantitative estimate of drug-likeness (QED) is 0.343. The van der Waals surface area contributed by atoms with Gasteiger partial charge < -0.3 is 34.1 Å². The van der Waals surface area contributed by atoms with Gasteiger partial charge in [0.1, 0.15) is 6.10 Å². The van der Waals surface area contributed by atoms with E-state index < -0.39 is 17.8 Å². The van der Waals surface area contributed by atoms with Crippen LogP contribution >= 0.6 is 0 Å². The molecule has 2 N–H and O–H groups in total. The predicted molar refractivity (Wildman–Crippen MR) is 192 cm³/mol. The van der Waals surface area contributed by atoms with Crippen LogP contribution in [0.5, 0.6) is 0 Å². The van der Waals surface area contributed by atoms with Crippen molar-refractivity contribution < 1.29 is 34.0 Å². The molecule has 2 aliphatic heterocycles. The first-order valence-electron chi connectivity index (χ1n) is 20.2. The van der Waals surface area contributed by atoms with Crippen LogP contribution in [0.1, 0.15) is 114 Å². The van der Waals surface area contributed by atoms with Gasteiger partial charge in [0, 0.05) is 32.7 Å². The van der Waals surface area contributed by atoms with Crippen LogP contribution in [0.3, 0.4) is 0 Å². The first-order valence-corrected chi connectivity index (χ1v) is 20.2. The van der Waals surface area contributed by atoms with Crippen LogP contribution in [0, 0.1) is 50.7 Å². The number of ether oxygens (including phenoxy) is 4.